The molecule has 0 fully saturated rings. The van der Waals surface area contributed by atoms with Crippen LogP contribution in [0.2, 0.25) is 0 Å². The topological polar surface area (TPSA) is 67.4 Å². The number of anilines is 1. The third-order valence-corrected chi connectivity index (χ3v) is 4.69. The molecule has 2 aromatic carbocycles. The van der Waals surface area contributed by atoms with Gasteiger partial charge in [-0.2, -0.15) is 0 Å². The molecule has 6 heteroatoms. The number of fused-ring (bicyclic) bond motifs is 1. The van der Waals surface area contributed by atoms with Gasteiger partial charge >= 0.3 is 0 Å². The zero-order valence-corrected chi connectivity index (χ0v) is 16.3. The van der Waals surface area contributed by atoms with E-state index >= 15 is 0 Å². The summed E-state index contributed by atoms with van der Waals surface area (Å²) in [6, 6.07) is 11.8. The van der Waals surface area contributed by atoms with Crippen molar-refractivity contribution < 1.29 is 18.7 Å². The average molecular weight is 384 g/mol. The Morgan fingerprint density at radius 2 is 1.93 bits per heavy atom. The minimum atomic E-state index is -0.498. The van der Waals surface area contributed by atoms with E-state index in [0.29, 0.717) is 23.4 Å². The van der Waals surface area contributed by atoms with Crippen LogP contribution in [0, 0.1) is 17.2 Å². The lowest BCUT2D eigenvalue weighted by molar-refractivity contribution is -0.126. The van der Waals surface area contributed by atoms with Gasteiger partial charge in [-0.05, 0) is 36.2 Å². The number of halogens is 1. The van der Waals surface area contributed by atoms with Crippen molar-refractivity contribution >= 4 is 17.5 Å². The van der Waals surface area contributed by atoms with Gasteiger partial charge in [-0.3, -0.25) is 9.59 Å². The lowest BCUT2D eigenvalue weighted by Gasteiger charge is -2.25. The Morgan fingerprint density at radius 1 is 1.18 bits per heavy atom. The van der Waals surface area contributed by atoms with Gasteiger partial charge in [-0.25, -0.2) is 4.39 Å². The summed E-state index contributed by atoms with van der Waals surface area (Å²) in [6.07, 6.45) is 0.498. The van der Waals surface area contributed by atoms with Gasteiger partial charge in [-0.15, -0.1) is 0 Å². The highest BCUT2D eigenvalue weighted by Gasteiger charge is 2.27. The van der Waals surface area contributed by atoms with Gasteiger partial charge in [-0.1, -0.05) is 39.0 Å². The molecule has 148 valence electrons. The van der Waals surface area contributed by atoms with E-state index in [1.54, 1.807) is 30.3 Å². The lowest BCUT2D eigenvalue weighted by atomic mass is 9.94. The maximum atomic E-state index is 13.7. The van der Waals surface area contributed by atoms with Gasteiger partial charge in [0.25, 0.3) is 0 Å². The van der Waals surface area contributed by atoms with Gasteiger partial charge in [0.05, 0.1) is 5.92 Å². The fraction of sp³-hybridized carbons (Fsp3) is 0.364. The number of rotatable bonds is 4. The molecule has 1 atom stereocenters. The molecule has 0 aliphatic carbocycles. The van der Waals surface area contributed by atoms with Gasteiger partial charge in [0.2, 0.25) is 11.8 Å². The average Bonchev–Trinajstić information content (AvgIpc) is 2.65. The quantitative estimate of drug-likeness (QED) is 0.845. The van der Waals surface area contributed by atoms with Crippen molar-refractivity contribution in [1.29, 1.82) is 0 Å². The number of ether oxygens (including phenoxy) is 1. The van der Waals surface area contributed by atoms with Crippen molar-refractivity contribution in [2.45, 2.75) is 33.7 Å². The molecule has 5 nitrogen and oxygen atoms in total. The Kier molecular flexibility index (Phi) is 5.68. The second-order valence-corrected chi connectivity index (χ2v) is 8.05. The van der Waals surface area contributed by atoms with E-state index in [2.05, 4.69) is 10.6 Å². The molecule has 0 bridgehead atoms. The molecule has 0 unspecified atom stereocenters. The van der Waals surface area contributed by atoms with Gasteiger partial charge in [0.15, 0.2) is 0 Å². The van der Waals surface area contributed by atoms with Crippen LogP contribution >= 0.6 is 0 Å². The van der Waals surface area contributed by atoms with Crippen molar-refractivity contribution in [3.8, 4) is 5.75 Å². The number of benzene rings is 2. The fourth-order valence-corrected chi connectivity index (χ4v) is 2.93. The normalized spacial score (nSPS) is 15.9. The van der Waals surface area contributed by atoms with E-state index < -0.39 is 5.41 Å². The molecule has 2 aromatic rings. The zero-order chi connectivity index (χ0) is 20.3. The molecule has 2 N–H and O–H groups in total. The molecule has 28 heavy (non-hydrogen) atoms. The summed E-state index contributed by atoms with van der Waals surface area (Å²) < 4.78 is 19.4. The second kappa shape index (κ2) is 8.00. The van der Waals surface area contributed by atoms with Gasteiger partial charge in [0, 0.05) is 23.2 Å². The van der Waals surface area contributed by atoms with Crippen LogP contribution in [0.5, 0.6) is 5.75 Å². The zero-order valence-electron chi connectivity index (χ0n) is 16.3. The number of amides is 2. The summed E-state index contributed by atoms with van der Waals surface area (Å²) in [6.45, 7) is 5.94. The summed E-state index contributed by atoms with van der Waals surface area (Å²) >= 11 is 0. The third kappa shape index (κ3) is 4.68. The van der Waals surface area contributed by atoms with Crippen LogP contribution in [0.15, 0.2) is 42.5 Å². The predicted octanol–water partition coefficient (Wildman–Crippen LogP) is 3.68. The number of carbonyl (C=O) groups is 2. The molecule has 1 heterocycles. The largest absolute Gasteiger partial charge is 0.492 e. The van der Waals surface area contributed by atoms with Crippen LogP contribution in [-0.2, 0) is 22.6 Å². The fourth-order valence-electron chi connectivity index (χ4n) is 2.93. The monoisotopic (exact) mass is 384 g/mol. The van der Waals surface area contributed by atoms with Crippen LogP contribution < -0.4 is 15.4 Å². The van der Waals surface area contributed by atoms with E-state index in [1.807, 2.05) is 26.8 Å². The van der Waals surface area contributed by atoms with E-state index in [9.17, 15) is 14.0 Å². The van der Waals surface area contributed by atoms with Crippen molar-refractivity contribution in [1.82, 2.24) is 5.32 Å². The number of carbonyl (C=O) groups excluding carboxylic acids is 2. The summed E-state index contributed by atoms with van der Waals surface area (Å²) in [5, 5.41) is 5.67. The number of hydrogen-bond donors (Lipinski definition) is 2. The molecular weight excluding hydrogens is 359 g/mol. The Labute approximate surface area is 164 Å². The van der Waals surface area contributed by atoms with E-state index in [1.165, 1.54) is 6.07 Å². The molecule has 0 saturated heterocycles. The maximum absolute atomic E-state index is 13.7. The van der Waals surface area contributed by atoms with Crippen LogP contribution in [0.25, 0.3) is 0 Å². The standard InChI is InChI=1S/C22H25FN2O3/c1-22(2,3)21(27)25-17-8-9-19-15(11-17)10-16(13-28-19)20(26)24-12-14-6-4-5-7-18(14)23/h4-9,11,16H,10,12-13H2,1-3H3,(H,24,26)(H,25,27)/t16-/m0/s1. The highest BCUT2D eigenvalue weighted by atomic mass is 19.1. The molecule has 1 aliphatic rings. The molecule has 0 spiro atoms. The molecular formula is C22H25FN2O3. The Bertz CT molecular complexity index is 890. The lowest BCUT2D eigenvalue weighted by Crippen LogP contribution is -2.37. The Hall–Kier alpha value is -2.89. The predicted molar refractivity (Wildman–Crippen MR) is 105 cm³/mol. The molecule has 0 saturated carbocycles. The van der Waals surface area contributed by atoms with Crippen LogP contribution in [0.1, 0.15) is 31.9 Å². The smallest absolute Gasteiger partial charge is 0.229 e. The summed E-state index contributed by atoms with van der Waals surface area (Å²) in [5.41, 5.74) is 1.49. The van der Waals surface area contributed by atoms with Crippen LogP contribution in [0.4, 0.5) is 10.1 Å². The highest BCUT2D eigenvalue weighted by Crippen LogP contribution is 2.30. The minimum absolute atomic E-state index is 0.0802. The Balaban J connectivity index is 1.64. The van der Waals surface area contributed by atoms with Gasteiger partial charge in [0.1, 0.15) is 18.2 Å². The molecule has 1 aliphatic heterocycles. The van der Waals surface area contributed by atoms with E-state index in [0.717, 1.165) is 5.56 Å². The summed E-state index contributed by atoms with van der Waals surface area (Å²) in [5.74, 6) is -0.256. The second-order valence-electron chi connectivity index (χ2n) is 8.05. The number of hydrogen-bond acceptors (Lipinski definition) is 3. The molecule has 0 radical (unpaired) electrons. The molecule has 0 aromatic heterocycles. The third-order valence-electron chi connectivity index (χ3n) is 4.69. The first-order valence-corrected chi connectivity index (χ1v) is 9.32. The first-order valence-electron chi connectivity index (χ1n) is 9.32. The van der Waals surface area contributed by atoms with Crippen molar-refractivity contribution in [2.24, 2.45) is 11.3 Å². The summed E-state index contributed by atoms with van der Waals surface area (Å²) in [7, 11) is 0. The minimum Gasteiger partial charge on any atom is -0.492 e. The maximum Gasteiger partial charge on any atom is 0.229 e. The number of nitrogens with one attached hydrogen (secondary N) is 2. The molecule has 3 rings (SSSR count). The Morgan fingerprint density at radius 3 is 2.64 bits per heavy atom. The highest BCUT2D eigenvalue weighted by molar-refractivity contribution is 5.94. The van der Waals surface area contributed by atoms with E-state index in [-0.39, 0.29) is 36.7 Å². The van der Waals surface area contributed by atoms with Crippen molar-refractivity contribution in [3.63, 3.8) is 0 Å². The first kappa shape index (κ1) is 19.9. The van der Waals surface area contributed by atoms with Crippen molar-refractivity contribution in [2.75, 3.05) is 11.9 Å². The van der Waals surface area contributed by atoms with Crippen molar-refractivity contribution in [3.05, 3.63) is 59.4 Å². The van der Waals surface area contributed by atoms with E-state index in [4.69, 9.17) is 4.74 Å². The summed E-state index contributed by atoms with van der Waals surface area (Å²) in [4.78, 5) is 24.7. The first-order chi connectivity index (χ1) is 13.2. The SMILES string of the molecule is CC(C)(C)C(=O)Nc1ccc2c(c1)C[C@H](C(=O)NCc1ccccc1F)CO2. The molecule has 2 amide bonds. The van der Waals surface area contributed by atoms with Gasteiger partial charge < -0.3 is 15.4 Å². The van der Waals surface area contributed by atoms with Crippen LogP contribution in [-0.4, -0.2) is 18.4 Å². The van der Waals surface area contributed by atoms with Crippen LogP contribution in [0.3, 0.4) is 0 Å².